The zero-order valence-corrected chi connectivity index (χ0v) is 6.72. The van der Waals surface area contributed by atoms with Crippen LogP contribution in [0.5, 0.6) is 0 Å². The van der Waals surface area contributed by atoms with Gasteiger partial charge in [-0.25, -0.2) is 0 Å². The molecule has 0 aliphatic heterocycles. The summed E-state index contributed by atoms with van der Waals surface area (Å²) in [7, 11) is 0. The largest absolute Gasteiger partial charge is 0.187 e. The van der Waals surface area contributed by atoms with E-state index in [9.17, 15) is 0 Å². The Kier molecular flexibility index (Phi) is 5.29. The van der Waals surface area contributed by atoms with Crippen LogP contribution in [-0.4, -0.2) is 17.4 Å². The Morgan fingerprint density at radius 1 is 0.818 bits per heavy atom. The molecule has 0 amide bonds. The van der Waals surface area contributed by atoms with E-state index in [-0.39, 0.29) is 17.4 Å². The van der Waals surface area contributed by atoms with Crippen LogP contribution in [0.3, 0.4) is 0 Å². The molecule has 1 aromatic rings. The van der Waals surface area contributed by atoms with Gasteiger partial charge in [0.2, 0.25) is 0 Å². The van der Waals surface area contributed by atoms with Crippen LogP contribution in [0.1, 0.15) is 25.0 Å². The Labute approximate surface area is 79.8 Å². The van der Waals surface area contributed by atoms with Crippen molar-refractivity contribution in [1.29, 1.82) is 0 Å². The minimum absolute atomic E-state index is 0. The van der Waals surface area contributed by atoms with Crippen LogP contribution >= 0.6 is 0 Å². The summed E-state index contributed by atoms with van der Waals surface area (Å²) in [6.07, 6.45) is 2.29. The molecule has 0 aliphatic carbocycles. The van der Waals surface area contributed by atoms with E-state index in [0.29, 0.717) is 0 Å². The zero-order chi connectivity index (χ0) is 7.40. The van der Waals surface area contributed by atoms with Gasteiger partial charge in [0, 0.05) is 0 Å². The number of aryl methyl sites for hydroxylation is 2. The highest BCUT2D eigenvalue weighted by molar-refractivity contribution is 5.75. The maximum absolute atomic E-state index is 2.21. The van der Waals surface area contributed by atoms with Crippen LogP contribution in [0.15, 0.2) is 24.3 Å². The molecule has 0 radical (unpaired) electrons. The molecule has 60 valence electrons. The third kappa shape index (κ3) is 3.10. The third-order valence-corrected chi connectivity index (χ3v) is 1.84. The first kappa shape index (κ1) is 10.8. The predicted molar refractivity (Wildman–Crippen MR) is 55.1 cm³/mol. The molecule has 0 aliphatic rings. The monoisotopic (exact) mass is 164 g/mol. The number of rotatable bonds is 2. The summed E-state index contributed by atoms with van der Waals surface area (Å²) in [5.41, 5.74) is 2.86. The van der Waals surface area contributed by atoms with Crippen LogP contribution in [0, 0.1) is 0 Å². The van der Waals surface area contributed by atoms with Gasteiger partial charge in [0.15, 0.2) is 17.4 Å². The van der Waals surface area contributed by atoms with E-state index in [1.54, 1.807) is 0 Å². The van der Waals surface area contributed by atoms with Gasteiger partial charge < -0.3 is 0 Å². The van der Waals surface area contributed by atoms with E-state index in [2.05, 4.69) is 38.1 Å². The highest BCUT2D eigenvalue weighted by Crippen LogP contribution is 2.04. The van der Waals surface area contributed by atoms with Crippen molar-refractivity contribution in [3.63, 3.8) is 0 Å². The first-order valence-corrected chi connectivity index (χ1v) is 3.94. The summed E-state index contributed by atoms with van der Waals surface area (Å²) >= 11 is 0. The van der Waals surface area contributed by atoms with E-state index in [0.717, 1.165) is 12.8 Å². The third-order valence-electron chi connectivity index (χ3n) is 1.84. The van der Waals surface area contributed by atoms with Gasteiger partial charge in [-0.1, -0.05) is 38.1 Å². The summed E-state index contributed by atoms with van der Waals surface area (Å²) in [5, 5.41) is 0. The van der Waals surface area contributed by atoms with Gasteiger partial charge in [0.1, 0.15) is 0 Å². The normalized spacial score (nSPS) is 8.91. The maximum Gasteiger partial charge on any atom is 0.187 e. The molecule has 0 saturated carbocycles. The average molecular weight is 164 g/mol. The number of benzene rings is 1. The van der Waals surface area contributed by atoms with Crippen molar-refractivity contribution < 1.29 is 0 Å². The Bertz CT molecular complexity index is 166. The van der Waals surface area contributed by atoms with Crippen molar-refractivity contribution in [3.8, 4) is 0 Å². The minimum Gasteiger partial charge on any atom is -0.0613 e. The lowest BCUT2D eigenvalue weighted by molar-refractivity contribution is 1.10. The van der Waals surface area contributed by atoms with Crippen molar-refractivity contribution >= 4 is 17.4 Å². The summed E-state index contributed by atoms with van der Waals surface area (Å²) < 4.78 is 0. The smallest absolute Gasteiger partial charge is 0.0613 e. The van der Waals surface area contributed by atoms with E-state index in [4.69, 9.17) is 0 Å². The molecule has 1 rings (SSSR count). The van der Waals surface area contributed by atoms with E-state index < -0.39 is 0 Å². The quantitative estimate of drug-likeness (QED) is 0.583. The van der Waals surface area contributed by atoms with Crippen molar-refractivity contribution in [1.82, 2.24) is 0 Å². The van der Waals surface area contributed by atoms with Crippen LogP contribution in [0.4, 0.5) is 0 Å². The van der Waals surface area contributed by atoms with Gasteiger partial charge in [-0.05, 0) is 24.0 Å². The summed E-state index contributed by atoms with van der Waals surface area (Å²) in [6.45, 7) is 4.36. The molecule has 0 atom stereocenters. The lowest BCUT2D eigenvalue weighted by Gasteiger charge is -1.97. The van der Waals surface area contributed by atoms with E-state index >= 15 is 0 Å². The fourth-order valence-corrected chi connectivity index (χ4v) is 1.01. The highest BCUT2D eigenvalue weighted by atomic mass is 27.0. The van der Waals surface area contributed by atoms with Crippen molar-refractivity contribution in [2.75, 3.05) is 0 Å². The Morgan fingerprint density at radius 3 is 1.27 bits per heavy atom. The van der Waals surface area contributed by atoms with Gasteiger partial charge in [-0.2, -0.15) is 0 Å². The minimum atomic E-state index is 0. The van der Waals surface area contributed by atoms with Crippen molar-refractivity contribution in [3.05, 3.63) is 35.4 Å². The standard InChI is InChI=1S/C10H14.Al.3H/c1-3-9-5-7-10(4-2)8-6-9;;;;/h5-8H,3-4H2,1-2H3;;;;. The lowest BCUT2D eigenvalue weighted by Crippen LogP contribution is -1.81. The Balaban J connectivity index is 0.000001000. The molecule has 1 heteroatoms. The first-order valence-electron chi connectivity index (χ1n) is 3.94. The highest BCUT2D eigenvalue weighted by Gasteiger charge is 1.88. The molecular weight excluding hydrogens is 147 g/mol. The van der Waals surface area contributed by atoms with Crippen molar-refractivity contribution in [2.24, 2.45) is 0 Å². The number of hydrogen-bond donors (Lipinski definition) is 0. The zero-order valence-electron chi connectivity index (χ0n) is 6.72. The van der Waals surface area contributed by atoms with Crippen LogP contribution in [-0.2, 0) is 12.8 Å². The Morgan fingerprint density at radius 2 is 1.09 bits per heavy atom. The summed E-state index contributed by atoms with van der Waals surface area (Å²) in [5.74, 6) is 0. The van der Waals surface area contributed by atoms with Gasteiger partial charge in [-0.3, -0.25) is 0 Å². The molecule has 11 heavy (non-hydrogen) atoms. The molecule has 0 nitrogen and oxygen atoms in total. The fourth-order valence-electron chi connectivity index (χ4n) is 1.01. The molecule has 0 unspecified atom stereocenters. The molecule has 0 spiro atoms. The molecule has 1 aromatic carbocycles. The molecule has 0 heterocycles. The summed E-state index contributed by atoms with van der Waals surface area (Å²) in [4.78, 5) is 0. The number of hydrogen-bond acceptors (Lipinski definition) is 0. The SMILES string of the molecule is CCc1ccc(CC)cc1.[AlH3]. The summed E-state index contributed by atoms with van der Waals surface area (Å²) in [6, 6.07) is 8.83. The van der Waals surface area contributed by atoms with Gasteiger partial charge in [0.05, 0.1) is 0 Å². The van der Waals surface area contributed by atoms with Gasteiger partial charge in [0.25, 0.3) is 0 Å². The van der Waals surface area contributed by atoms with Crippen LogP contribution < -0.4 is 0 Å². The molecular formula is C10H17Al. The van der Waals surface area contributed by atoms with Gasteiger partial charge in [-0.15, -0.1) is 0 Å². The second kappa shape index (κ2) is 5.41. The van der Waals surface area contributed by atoms with Crippen molar-refractivity contribution in [2.45, 2.75) is 26.7 Å². The molecule has 0 aromatic heterocycles. The first-order chi connectivity index (χ1) is 4.86. The maximum atomic E-state index is 2.21. The molecule has 0 fully saturated rings. The van der Waals surface area contributed by atoms with E-state index in [1.807, 2.05) is 0 Å². The predicted octanol–water partition coefficient (Wildman–Crippen LogP) is 1.63. The fraction of sp³-hybridized carbons (Fsp3) is 0.400. The van der Waals surface area contributed by atoms with Gasteiger partial charge >= 0.3 is 0 Å². The second-order valence-corrected chi connectivity index (χ2v) is 2.52. The van der Waals surface area contributed by atoms with E-state index in [1.165, 1.54) is 11.1 Å². The molecule has 0 N–H and O–H groups in total. The molecule has 0 saturated heterocycles. The molecule has 0 bridgehead atoms. The van der Waals surface area contributed by atoms with Crippen LogP contribution in [0.25, 0.3) is 0 Å². The average Bonchev–Trinajstić information content (AvgIpc) is 2.05. The van der Waals surface area contributed by atoms with Crippen LogP contribution in [0.2, 0.25) is 0 Å². The topological polar surface area (TPSA) is 0 Å². The Hall–Kier alpha value is -0.248. The second-order valence-electron chi connectivity index (χ2n) is 2.52. The lowest BCUT2D eigenvalue weighted by atomic mass is 10.1.